The maximum atomic E-state index is 5.63. The molecule has 3 heteroatoms. The topological polar surface area (TPSA) is 38.9 Å². The molecular formula is C10H9BrN2. The summed E-state index contributed by atoms with van der Waals surface area (Å²) in [5.74, 6) is 0. The lowest BCUT2D eigenvalue weighted by Crippen LogP contribution is -1.88. The number of halogens is 1. The maximum Gasteiger partial charge on any atom is 0.0848 e. The molecule has 0 aliphatic carbocycles. The number of nitrogen functional groups attached to an aromatic ring is 1. The summed E-state index contributed by atoms with van der Waals surface area (Å²) in [6, 6.07) is 6.00. The number of benzene rings is 1. The number of fused-ring (bicyclic) bond motifs is 1. The fourth-order valence-corrected chi connectivity index (χ4v) is 1.75. The highest BCUT2D eigenvalue weighted by atomic mass is 79.9. The predicted molar refractivity (Wildman–Crippen MR) is 58.6 cm³/mol. The zero-order valence-electron chi connectivity index (χ0n) is 7.21. The Morgan fingerprint density at radius 2 is 2.15 bits per heavy atom. The van der Waals surface area contributed by atoms with Crippen LogP contribution in [0.25, 0.3) is 10.9 Å². The molecule has 2 nitrogen and oxygen atoms in total. The summed E-state index contributed by atoms with van der Waals surface area (Å²) in [6.45, 7) is 2.04. The highest BCUT2D eigenvalue weighted by Crippen LogP contribution is 2.26. The average Bonchev–Trinajstić information content (AvgIpc) is 2.12. The SMILES string of the molecule is Cc1ccc2cc(N)cnc2c1Br. The van der Waals surface area contributed by atoms with Crippen molar-refractivity contribution in [3.63, 3.8) is 0 Å². The van der Waals surface area contributed by atoms with Gasteiger partial charge in [-0.3, -0.25) is 4.98 Å². The van der Waals surface area contributed by atoms with Gasteiger partial charge in [-0.05, 0) is 34.5 Å². The molecule has 1 aromatic heterocycles. The lowest BCUT2D eigenvalue weighted by atomic mass is 10.1. The minimum absolute atomic E-state index is 0.697. The Morgan fingerprint density at radius 1 is 1.38 bits per heavy atom. The number of hydrogen-bond acceptors (Lipinski definition) is 2. The third kappa shape index (κ3) is 1.40. The minimum atomic E-state index is 0.697. The van der Waals surface area contributed by atoms with Gasteiger partial charge in [-0.1, -0.05) is 12.1 Å². The van der Waals surface area contributed by atoms with Gasteiger partial charge >= 0.3 is 0 Å². The highest BCUT2D eigenvalue weighted by Gasteiger charge is 2.02. The van der Waals surface area contributed by atoms with Crippen LogP contribution in [0.3, 0.4) is 0 Å². The first-order chi connectivity index (χ1) is 6.18. The summed E-state index contributed by atoms with van der Waals surface area (Å²) >= 11 is 3.50. The molecule has 0 radical (unpaired) electrons. The van der Waals surface area contributed by atoms with Crippen molar-refractivity contribution >= 4 is 32.5 Å². The average molecular weight is 237 g/mol. The first kappa shape index (κ1) is 8.51. The van der Waals surface area contributed by atoms with Crippen molar-refractivity contribution in [2.45, 2.75) is 6.92 Å². The summed E-state index contributed by atoms with van der Waals surface area (Å²) in [5, 5.41) is 1.07. The van der Waals surface area contributed by atoms with Crippen LogP contribution in [0.1, 0.15) is 5.56 Å². The third-order valence-electron chi connectivity index (χ3n) is 2.01. The monoisotopic (exact) mass is 236 g/mol. The van der Waals surface area contributed by atoms with Crippen molar-refractivity contribution in [3.05, 3.63) is 34.4 Å². The van der Waals surface area contributed by atoms with Crippen molar-refractivity contribution in [1.29, 1.82) is 0 Å². The molecule has 0 atom stereocenters. The molecule has 0 saturated carbocycles. The quantitative estimate of drug-likeness (QED) is 0.765. The molecule has 1 aromatic carbocycles. The number of rotatable bonds is 0. The van der Waals surface area contributed by atoms with Gasteiger partial charge in [-0.15, -0.1) is 0 Å². The molecule has 0 amide bonds. The van der Waals surface area contributed by atoms with Gasteiger partial charge in [0.05, 0.1) is 17.4 Å². The van der Waals surface area contributed by atoms with Gasteiger partial charge in [0, 0.05) is 9.86 Å². The van der Waals surface area contributed by atoms with Crippen LogP contribution in [-0.2, 0) is 0 Å². The van der Waals surface area contributed by atoms with Crippen molar-refractivity contribution in [2.24, 2.45) is 0 Å². The Kier molecular flexibility index (Phi) is 1.96. The summed E-state index contributed by atoms with van der Waals surface area (Å²) in [4.78, 5) is 4.27. The van der Waals surface area contributed by atoms with E-state index in [1.165, 1.54) is 5.56 Å². The molecule has 13 heavy (non-hydrogen) atoms. The lowest BCUT2D eigenvalue weighted by Gasteiger charge is -2.03. The summed E-state index contributed by atoms with van der Waals surface area (Å²) < 4.78 is 1.05. The van der Waals surface area contributed by atoms with Crippen LogP contribution in [-0.4, -0.2) is 4.98 Å². The molecule has 1 heterocycles. The Morgan fingerprint density at radius 3 is 2.92 bits per heavy atom. The molecule has 0 fully saturated rings. The molecule has 2 N–H and O–H groups in total. The van der Waals surface area contributed by atoms with Gasteiger partial charge in [-0.25, -0.2) is 0 Å². The molecule has 0 spiro atoms. The van der Waals surface area contributed by atoms with E-state index >= 15 is 0 Å². The zero-order chi connectivity index (χ0) is 9.42. The van der Waals surface area contributed by atoms with E-state index in [0.717, 1.165) is 15.4 Å². The molecular weight excluding hydrogens is 228 g/mol. The lowest BCUT2D eigenvalue weighted by molar-refractivity contribution is 1.37. The minimum Gasteiger partial charge on any atom is -0.397 e. The van der Waals surface area contributed by atoms with Crippen molar-refractivity contribution in [1.82, 2.24) is 4.98 Å². The number of nitrogens with two attached hydrogens (primary N) is 1. The summed E-state index contributed by atoms with van der Waals surface area (Å²) in [5.41, 5.74) is 8.48. The summed E-state index contributed by atoms with van der Waals surface area (Å²) in [7, 11) is 0. The van der Waals surface area contributed by atoms with Crippen LogP contribution < -0.4 is 5.73 Å². The standard InChI is InChI=1S/C10H9BrN2/c1-6-2-3-7-4-8(12)5-13-10(7)9(6)11/h2-5H,12H2,1H3. The summed E-state index contributed by atoms with van der Waals surface area (Å²) in [6.07, 6.45) is 1.67. The predicted octanol–water partition coefficient (Wildman–Crippen LogP) is 2.89. The molecule has 66 valence electrons. The van der Waals surface area contributed by atoms with E-state index < -0.39 is 0 Å². The van der Waals surface area contributed by atoms with Gasteiger partial charge in [0.1, 0.15) is 0 Å². The van der Waals surface area contributed by atoms with E-state index in [9.17, 15) is 0 Å². The molecule has 0 unspecified atom stereocenters. The zero-order valence-corrected chi connectivity index (χ0v) is 8.80. The molecule has 2 aromatic rings. The number of nitrogens with zero attached hydrogens (tertiary/aromatic N) is 1. The van der Waals surface area contributed by atoms with Crippen molar-refractivity contribution in [2.75, 3.05) is 5.73 Å². The van der Waals surface area contributed by atoms with E-state index in [4.69, 9.17) is 5.73 Å². The van der Waals surface area contributed by atoms with Crippen LogP contribution in [0.2, 0.25) is 0 Å². The smallest absolute Gasteiger partial charge is 0.0848 e. The van der Waals surface area contributed by atoms with E-state index in [-0.39, 0.29) is 0 Å². The van der Waals surface area contributed by atoms with E-state index in [2.05, 4.69) is 20.9 Å². The molecule has 0 saturated heterocycles. The second-order valence-corrected chi connectivity index (χ2v) is 3.83. The number of aryl methyl sites for hydroxylation is 1. The van der Waals surface area contributed by atoms with Crippen LogP contribution in [0.15, 0.2) is 28.9 Å². The second kappa shape index (κ2) is 3.00. The first-order valence-electron chi connectivity index (χ1n) is 3.99. The van der Waals surface area contributed by atoms with Gasteiger partial charge in [0.15, 0.2) is 0 Å². The highest BCUT2D eigenvalue weighted by molar-refractivity contribution is 9.10. The van der Waals surface area contributed by atoms with E-state index in [0.29, 0.717) is 5.69 Å². The fourth-order valence-electron chi connectivity index (χ4n) is 1.28. The normalized spacial score (nSPS) is 10.6. The van der Waals surface area contributed by atoms with E-state index in [1.54, 1.807) is 6.20 Å². The Bertz CT molecular complexity index is 466. The van der Waals surface area contributed by atoms with Crippen molar-refractivity contribution in [3.8, 4) is 0 Å². The molecule has 0 aliphatic rings. The number of aromatic nitrogens is 1. The van der Waals surface area contributed by atoms with Crippen LogP contribution in [0.4, 0.5) is 5.69 Å². The fraction of sp³-hybridized carbons (Fsp3) is 0.100. The molecule has 0 bridgehead atoms. The van der Waals surface area contributed by atoms with Gasteiger partial charge in [0.2, 0.25) is 0 Å². The first-order valence-corrected chi connectivity index (χ1v) is 4.78. The van der Waals surface area contributed by atoms with Gasteiger partial charge in [0.25, 0.3) is 0 Å². The maximum absolute atomic E-state index is 5.63. The Hall–Kier alpha value is -1.09. The van der Waals surface area contributed by atoms with Crippen LogP contribution in [0.5, 0.6) is 0 Å². The third-order valence-corrected chi connectivity index (χ3v) is 3.01. The number of pyridine rings is 1. The molecule has 0 aliphatic heterocycles. The molecule has 2 rings (SSSR count). The van der Waals surface area contributed by atoms with Crippen LogP contribution in [0, 0.1) is 6.92 Å². The largest absolute Gasteiger partial charge is 0.397 e. The van der Waals surface area contributed by atoms with Crippen molar-refractivity contribution < 1.29 is 0 Å². The number of hydrogen-bond donors (Lipinski definition) is 1. The Balaban J connectivity index is 2.87. The van der Waals surface area contributed by atoms with E-state index in [1.807, 2.05) is 25.1 Å². The van der Waals surface area contributed by atoms with Gasteiger partial charge < -0.3 is 5.73 Å². The number of anilines is 1. The second-order valence-electron chi connectivity index (χ2n) is 3.04. The van der Waals surface area contributed by atoms with Crippen LogP contribution >= 0.6 is 15.9 Å². The van der Waals surface area contributed by atoms with Gasteiger partial charge in [-0.2, -0.15) is 0 Å². The Labute approximate surface area is 84.9 Å².